The maximum atomic E-state index is 12.1. The largest absolute Gasteiger partial charge is 0.350 e. The van der Waals surface area contributed by atoms with Crippen LogP contribution in [0.3, 0.4) is 0 Å². The molecule has 0 bridgehead atoms. The second-order valence-electron chi connectivity index (χ2n) is 6.03. The zero-order valence-corrected chi connectivity index (χ0v) is 12.6. The maximum Gasteiger partial charge on any atom is 0.272 e. The molecule has 1 amide bonds. The van der Waals surface area contributed by atoms with E-state index in [0.717, 1.165) is 18.2 Å². The topological polar surface area (TPSA) is 74.8 Å². The molecule has 2 N–H and O–H groups in total. The van der Waals surface area contributed by atoms with Gasteiger partial charge in [-0.2, -0.15) is 5.10 Å². The van der Waals surface area contributed by atoms with E-state index in [0.29, 0.717) is 30.0 Å². The average Bonchev–Trinajstić information content (AvgIpc) is 2.55. The van der Waals surface area contributed by atoms with Gasteiger partial charge in [-0.1, -0.05) is 37.5 Å². The molecule has 2 aromatic rings. The van der Waals surface area contributed by atoms with Crippen LogP contribution in [0, 0.1) is 5.92 Å². The number of hydrogen-bond donors (Lipinski definition) is 2. The molecule has 1 aromatic carbocycles. The summed E-state index contributed by atoms with van der Waals surface area (Å²) in [5, 5.41) is 10.9. The summed E-state index contributed by atoms with van der Waals surface area (Å²) in [5.74, 6) is 0.595. The Morgan fingerprint density at radius 1 is 1.18 bits per heavy atom. The molecule has 0 spiro atoms. The van der Waals surface area contributed by atoms with Crippen molar-refractivity contribution >= 4 is 16.7 Å². The summed E-state index contributed by atoms with van der Waals surface area (Å²) in [6.07, 6.45) is 6.70. The number of benzene rings is 1. The fourth-order valence-corrected chi connectivity index (χ4v) is 3.21. The molecule has 5 nitrogen and oxygen atoms in total. The Bertz CT molecular complexity index is 717. The monoisotopic (exact) mass is 299 g/mol. The van der Waals surface area contributed by atoms with Crippen molar-refractivity contribution in [3.63, 3.8) is 0 Å². The second kappa shape index (κ2) is 6.73. The van der Waals surface area contributed by atoms with Crippen LogP contribution < -0.4 is 10.9 Å². The summed E-state index contributed by atoms with van der Waals surface area (Å²) in [6, 6.07) is 7.32. The highest BCUT2D eigenvalue weighted by Gasteiger charge is 2.17. The molecule has 1 fully saturated rings. The summed E-state index contributed by atoms with van der Waals surface area (Å²) >= 11 is 0. The van der Waals surface area contributed by atoms with Gasteiger partial charge in [0.2, 0.25) is 5.91 Å². The van der Waals surface area contributed by atoms with Crippen LogP contribution in [0.25, 0.3) is 10.8 Å². The van der Waals surface area contributed by atoms with E-state index < -0.39 is 0 Å². The van der Waals surface area contributed by atoms with E-state index in [1.165, 1.54) is 19.3 Å². The number of nitrogens with zero attached hydrogens (tertiary/aromatic N) is 1. The molecule has 0 aliphatic heterocycles. The van der Waals surface area contributed by atoms with Crippen molar-refractivity contribution in [2.45, 2.75) is 45.1 Å². The molecule has 1 heterocycles. The number of carbonyl (C=O) groups is 1. The van der Waals surface area contributed by atoms with Crippen molar-refractivity contribution in [1.82, 2.24) is 15.5 Å². The third-order valence-electron chi connectivity index (χ3n) is 4.43. The minimum atomic E-state index is -0.201. The van der Waals surface area contributed by atoms with Crippen LogP contribution in [0.2, 0.25) is 0 Å². The van der Waals surface area contributed by atoms with E-state index in [9.17, 15) is 9.59 Å². The number of aromatic nitrogens is 2. The number of H-pyrrole nitrogens is 1. The van der Waals surface area contributed by atoms with Crippen LogP contribution in [0.5, 0.6) is 0 Å². The van der Waals surface area contributed by atoms with Crippen LogP contribution in [0.1, 0.15) is 44.2 Å². The number of nitrogens with one attached hydrogen (secondary N) is 2. The molecule has 1 aliphatic rings. The van der Waals surface area contributed by atoms with Crippen molar-refractivity contribution < 1.29 is 4.79 Å². The lowest BCUT2D eigenvalue weighted by Crippen LogP contribution is -2.27. The number of carbonyl (C=O) groups excluding carboxylic acids is 1. The highest BCUT2D eigenvalue weighted by Crippen LogP contribution is 2.26. The first-order valence-electron chi connectivity index (χ1n) is 7.97. The minimum absolute atomic E-state index is 0.0731. The Balaban J connectivity index is 1.65. The summed E-state index contributed by atoms with van der Waals surface area (Å²) < 4.78 is 0. The van der Waals surface area contributed by atoms with Crippen LogP contribution >= 0.6 is 0 Å². The van der Waals surface area contributed by atoms with E-state index in [1.807, 2.05) is 18.2 Å². The van der Waals surface area contributed by atoms with Gasteiger partial charge in [-0.3, -0.25) is 9.59 Å². The van der Waals surface area contributed by atoms with Crippen molar-refractivity contribution in [1.29, 1.82) is 0 Å². The molecule has 5 heteroatoms. The number of amides is 1. The third-order valence-corrected chi connectivity index (χ3v) is 4.43. The zero-order chi connectivity index (χ0) is 15.4. The highest BCUT2D eigenvalue weighted by atomic mass is 16.1. The molecule has 3 rings (SSSR count). The third kappa shape index (κ3) is 3.35. The Morgan fingerprint density at radius 2 is 1.91 bits per heavy atom. The average molecular weight is 299 g/mol. The first-order valence-corrected chi connectivity index (χ1v) is 7.97. The van der Waals surface area contributed by atoms with Gasteiger partial charge in [0, 0.05) is 11.8 Å². The number of hydrogen-bond acceptors (Lipinski definition) is 3. The molecular weight excluding hydrogens is 278 g/mol. The predicted octanol–water partition coefficient (Wildman–Crippen LogP) is 2.51. The van der Waals surface area contributed by atoms with Gasteiger partial charge in [0.05, 0.1) is 17.6 Å². The smallest absolute Gasteiger partial charge is 0.272 e. The molecule has 1 aromatic heterocycles. The van der Waals surface area contributed by atoms with E-state index in [4.69, 9.17) is 0 Å². The molecular formula is C17H21N3O2. The standard InChI is InChI=1S/C17H21N3O2/c21-16(10-12-6-2-1-3-7-12)18-11-15-13-8-4-5-9-14(13)17(22)20-19-15/h4-5,8-9,12H,1-3,6-7,10-11H2,(H,18,21)(H,20,22). The first-order chi connectivity index (χ1) is 10.7. The summed E-state index contributed by atoms with van der Waals surface area (Å²) in [6.45, 7) is 0.350. The fourth-order valence-electron chi connectivity index (χ4n) is 3.21. The van der Waals surface area contributed by atoms with Gasteiger partial charge in [-0.05, 0) is 24.8 Å². The molecule has 0 saturated heterocycles. The van der Waals surface area contributed by atoms with Crippen molar-refractivity contribution in [3.8, 4) is 0 Å². The molecule has 1 saturated carbocycles. The SMILES string of the molecule is O=C(CC1CCCCC1)NCc1n[nH]c(=O)c2ccccc12. The van der Waals surface area contributed by atoms with Crippen LogP contribution in [0.15, 0.2) is 29.1 Å². The van der Waals surface area contributed by atoms with Crippen molar-refractivity contribution in [2.24, 2.45) is 5.92 Å². The quantitative estimate of drug-likeness (QED) is 0.911. The molecule has 0 radical (unpaired) electrons. The predicted molar refractivity (Wildman–Crippen MR) is 85.4 cm³/mol. The molecule has 116 valence electrons. The lowest BCUT2D eigenvalue weighted by Gasteiger charge is -2.20. The maximum absolute atomic E-state index is 12.1. The van der Waals surface area contributed by atoms with Gasteiger partial charge < -0.3 is 5.32 Å². The van der Waals surface area contributed by atoms with Gasteiger partial charge in [0.25, 0.3) is 5.56 Å². The number of rotatable bonds is 4. The van der Waals surface area contributed by atoms with E-state index in [-0.39, 0.29) is 11.5 Å². The lowest BCUT2D eigenvalue weighted by molar-refractivity contribution is -0.122. The van der Waals surface area contributed by atoms with E-state index >= 15 is 0 Å². The molecule has 0 atom stereocenters. The summed E-state index contributed by atoms with van der Waals surface area (Å²) in [5.41, 5.74) is 0.500. The van der Waals surface area contributed by atoms with E-state index in [1.54, 1.807) is 6.07 Å². The molecule has 22 heavy (non-hydrogen) atoms. The van der Waals surface area contributed by atoms with Gasteiger partial charge in [-0.25, -0.2) is 5.10 Å². The number of fused-ring (bicyclic) bond motifs is 1. The zero-order valence-electron chi connectivity index (χ0n) is 12.6. The Labute approximate surface area is 129 Å². The molecule has 1 aliphatic carbocycles. The normalized spacial score (nSPS) is 15.8. The van der Waals surface area contributed by atoms with Gasteiger partial charge >= 0.3 is 0 Å². The Kier molecular flexibility index (Phi) is 4.51. The molecule has 0 unspecified atom stereocenters. The van der Waals surface area contributed by atoms with Gasteiger partial charge in [-0.15, -0.1) is 0 Å². The highest BCUT2D eigenvalue weighted by molar-refractivity contribution is 5.84. The first kappa shape index (κ1) is 14.8. The van der Waals surface area contributed by atoms with Crippen LogP contribution in [0.4, 0.5) is 0 Å². The number of aromatic amines is 1. The Hall–Kier alpha value is -2.17. The van der Waals surface area contributed by atoms with Gasteiger partial charge in [0.1, 0.15) is 0 Å². The Morgan fingerprint density at radius 3 is 2.68 bits per heavy atom. The lowest BCUT2D eigenvalue weighted by atomic mass is 9.87. The van der Waals surface area contributed by atoms with Gasteiger partial charge in [0.15, 0.2) is 0 Å². The van der Waals surface area contributed by atoms with E-state index in [2.05, 4.69) is 15.5 Å². The van der Waals surface area contributed by atoms with Crippen molar-refractivity contribution in [3.05, 3.63) is 40.3 Å². The van der Waals surface area contributed by atoms with Crippen LogP contribution in [-0.2, 0) is 11.3 Å². The second-order valence-corrected chi connectivity index (χ2v) is 6.03. The van der Waals surface area contributed by atoms with Crippen molar-refractivity contribution in [2.75, 3.05) is 0 Å². The summed E-state index contributed by atoms with van der Waals surface area (Å²) in [4.78, 5) is 23.8. The summed E-state index contributed by atoms with van der Waals surface area (Å²) in [7, 11) is 0. The minimum Gasteiger partial charge on any atom is -0.350 e. The van der Waals surface area contributed by atoms with Crippen LogP contribution in [-0.4, -0.2) is 16.1 Å². The fraction of sp³-hybridized carbons (Fsp3) is 0.471.